The molecular weight excluding hydrogens is 104 g/mol. The molecule has 0 heterocycles. The molecule has 3 heteroatoms. The molecule has 0 fully saturated rings. The predicted octanol–water partition coefficient (Wildman–Crippen LogP) is 0.522. The second-order valence-electron chi connectivity index (χ2n) is 0.987. The molecule has 0 spiro atoms. The average Bonchev–Trinajstić information content (AvgIpc) is 1.65. The topological polar surface area (TPSA) is 26.0 Å². The van der Waals surface area contributed by atoms with Gasteiger partial charge in [-0.25, -0.2) is 4.39 Å². The Morgan fingerprint density at radius 2 is 2.33 bits per heavy atom. The van der Waals surface area contributed by atoms with Gasteiger partial charge < -0.3 is 5.73 Å². The fourth-order valence-electron chi connectivity index (χ4n) is 0.0630. The number of hydrogen-bond donors (Lipinski definition) is 1. The van der Waals surface area contributed by atoms with E-state index in [1.807, 2.05) is 0 Å². The maximum atomic E-state index is 11.2. The molecule has 0 aromatic heterocycles. The van der Waals surface area contributed by atoms with Gasteiger partial charge in [0.15, 0.2) is 0 Å². The maximum Gasteiger partial charge on any atom is 0.107 e. The molecule has 0 aromatic rings. The van der Waals surface area contributed by atoms with E-state index in [9.17, 15) is 4.39 Å². The van der Waals surface area contributed by atoms with Gasteiger partial charge in [-0.15, -0.1) is 11.6 Å². The molecule has 6 heavy (non-hydrogen) atoms. The zero-order chi connectivity index (χ0) is 4.99. The van der Waals surface area contributed by atoms with Gasteiger partial charge in [-0.3, -0.25) is 0 Å². The highest BCUT2D eigenvalue weighted by atomic mass is 35.5. The Morgan fingerprint density at radius 3 is 2.33 bits per heavy atom. The van der Waals surface area contributed by atoms with Crippen LogP contribution in [-0.2, 0) is 0 Å². The number of nitrogens with two attached hydrogens (primary N) is 1. The predicted molar refractivity (Wildman–Crippen MR) is 24.7 cm³/mol. The summed E-state index contributed by atoms with van der Waals surface area (Å²) < 4.78 is 11.2. The fraction of sp³-hybridized carbons (Fsp3) is 1.00. The van der Waals surface area contributed by atoms with Crippen LogP contribution in [0.15, 0.2) is 0 Å². The van der Waals surface area contributed by atoms with Crippen LogP contribution in [0, 0.1) is 0 Å². The van der Waals surface area contributed by atoms with Crippen molar-refractivity contribution in [3.63, 3.8) is 0 Å². The third-order valence-corrected chi connectivity index (χ3v) is 0.718. The third kappa shape index (κ3) is 2.42. The summed E-state index contributed by atoms with van der Waals surface area (Å²) in [6.45, 7) is -0.309. The van der Waals surface area contributed by atoms with Crippen LogP contribution in [0.4, 0.5) is 4.39 Å². The van der Waals surface area contributed by atoms with Crippen molar-refractivity contribution in [2.75, 3.05) is 13.2 Å². The molecule has 0 saturated heterocycles. The molecule has 1 nitrogen and oxygen atoms in total. The lowest BCUT2D eigenvalue weighted by Crippen LogP contribution is -2.15. The lowest BCUT2D eigenvalue weighted by Gasteiger charge is -1.93. The SMILES string of the molecule is NCC(Cl)CF. The number of halogens is 2. The van der Waals surface area contributed by atoms with E-state index < -0.39 is 12.1 Å². The van der Waals surface area contributed by atoms with Crippen molar-refractivity contribution < 1.29 is 4.39 Å². The van der Waals surface area contributed by atoms with Gasteiger partial charge >= 0.3 is 0 Å². The van der Waals surface area contributed by atoms with Gasteiger partial charge in [-0.05, 0) is 0 Å². The molecule has 0 aliphatic carbocycles. The van der Waals surface area contributed by atoms with Gasteiger partial charge in [-0.1, -0.05) is 0 Å². The summed E-state index contributed by atoms with van der Waals surface area (Å²) >= 11 is 5.15. The molecule has 0 aromatic carbocycles. The number of rotatable bonds is 2. The monoisotopic (exact) mass is 111 g/mol. The first-order chi connectivity index (χ1) is 2.81. The second kappa shape index (κ2) is 3.37. The first-order valence-corrected chi connectivity index (χ1v) is 2.15. The summed E-state index contributed by atoms with van der Waals surface area (Å²) in [5.74, 6) is 0. The molecule has 1 unspecified atom stereocenters. The van der Waals surface area contributed by atoms with Gasteiger partial charge in [0, 0.05) is 6.54 Å². The van der Waals surface area contributed by atoms with E-state index in [-0.39, 0.29) is 6.54 Å². The van der Waals surface area contributed by atoms with Gasteiger partial charge in [0.2, 0.25) is 0 Å². The van der Waals surface area contributed by atoms with E-state index in [4.69, 9.17) is 17.3 Å². The lowest BCUT2D eigenvalue weighted by molar-refractivity contribution is 0.482. The highest BCUT2D eigenvalue weighted by Crippen LogP contribution is 1.90. The summed E-state index contributed by atoms with van der Waals surface area (Å²) in [6.07, 6.45) is 0. The normalized spacial score (nSPS) is 14.5. The Bertz CT molecular complexity index is 30.0. The smallest absolute Gasteiger partial charge is 0.107 e. The summed E-state index contributed by atoms with van der Waals surface area (Å²) in [5.41, 5.74) is 4.91. The third-order valence-electron chi connectivity index (χ3n) is 0.423. The summed E-state index contributed by atoms with van der Waals surface area (Å²) in [7, 11) is 0. The molecule has 1 atom stereocenters. The van der Waals surface area contributed by atoms with Crippen molar-refractivity contribution in [2.45, 2.75) is 5.38 Å². The van der Waals surface area contributed by atoms with E-state index in [1.165, 1.54) is 0 Å². The zero-order valence-electron chi connectivity index (χ0n) is 3.32. The van der Waals surface area contributed by atoms with Gasteiger partial charge in [0.1, 0.15) is 6.67 Å². The van der Waals surface area contributed by atoms with Crippen molar-refractivity contribution in [3.05, 3.63) is 0 Å². The Labute approximate surface area is 41.3 Å². The molecule has 0 saturated carbocycles. The zero-order valence-corrected chi connectivity index (χ0v) is 4.08. The van der Waals surface area contributed by atoms with Gasteiger partial charge in [0.05, 0.1) is 5.38 Å². The molecule has 0 radical (unpaired) electrons. The Hall–Kier alpha value is 0.180. The molecule has 0 aliphatic rings. The van der Waals surface area contributed by atoms with E-state index in [0.29, 0.717) is 0 Å². The highest BCUT2D eigenvalue weighted by Gasteiger charge is 1.95. The van der Waals surface area contributed by atoms with Crippen LogP contribution >= 0.6 is 11.6 Å². The van der Waals surface area contributed by atoms with Crippen molar-refractivity contribution in [3.8, 4) is 0 Å². The van der Waals surface area contributed by atoms with Crippen LogP contribution in [-0.4, -0.2) is 18.6 Å². The molecule has 38 valence electrons. The van der Waals surface area contributed by atoms with Crippen LogP contribution in [0.3, 0.4) is 0 Å². The average molecular weight is 112 g/mol. The summed E-state index contributed by atoms with van der Waals surface area (Å²) in [6, 6.07) is 0. The Kier molecular flexibility index (Phi) is 3.47. The van der Waals surface area contributed by atoms with Crippen LogP contribution in [0.1, 0.15) is 0 Å². The standard InChI is InChI=1S/C3H7ClFN/c4-3(1-5)2-6/h3H,1-2,6H2. The summed E-state index contributed by atoms with van der Waals surface area (Å²) in [5, 5.41) is -0.481. The molecular formula is C3H7ClFN. The minimum absolute atomic E-state index is 0.220. The lowest BCUT2D eigenvalue weighted by atomic mass is 10.5. The van der Waals surface area contributed by atoms with Gasteiger partial charge in [-0.2, -0.15) is 0 Å². The van der Waals surface area contributed by atoms with Crippen LogP contribution < -0.4 is 5.73 Å². The molecule has 2 N–H and O–H groups in total. The Balaban J connectivity index is 2.75. The van der Waals surface area contributed by atoms with Crippen molar-refractivity contribution in [1.82, 2.24) is 0 Å². The molecule has 0 bridgehead atoms. The maximum absolute atomic E-state index is 11.2. The largest absolute Gasteiger partial charge is 0.329 e. The quantitative estimate of drug-likeness (QED) is 0.517. The minimum atomic E-state index is -0.530. The second-order valence-corrected chi connectivity index (χ2v) is 1.60. The van der Waals surface area contributed by atoms with E-state index >= 15 is 0 Å². The first-order valence-electron chi connectivity index (χ1n) is 1.71. The first kappa shape index (κ1) is 6.18. The van der Waals surface area contributed by atoms with E-state index in [1.54, 1.807) is 0 Å². The van der Waals surface area contributed by atoms with Crippen LogP contribution in [0.25, 0.3) is 0 Å². The van der Waals surface area contributed by atoms with Crippen molar-refractivity contribution in [1.29, 1.82) is 0 Å². The van der Waals surface area contributed by atoms with Crippen LogP contribution in [0.5, 0.6) is 0 Å². The Morgan fingerprint density at radius 1 is 1.83 bits per heavy atom. The van der Waals surface area contributed by atoms with Gasteiger partial charge in [0.25, 0.3) is 0 Å². The fourth-order valence-corrected chi connectivity index (χ4v) is 0.0630. The summed E-state index contributed by atoms with van der Waals surface area (Å²) in [4.78, 5) is 0. The molecule has 0 aliphatic heterocycles. The number of alkyl halides is 2. The molecule has 0 rings (SSSR count). The van der Waals surface area contributed by atoms with E-state index in [0.717, 1.165) is 0 Å². The van der Waals surface area contributed by atoms with E-state index in [2.05, 4.69) is 0 Å². The number of hydrogen-bond acceptors (Lipinski definition) is 1. The highest BCUT2D eigenvalue weighted by molar-refractivity contribution is 6.20. The van der Waals surface area contributed by atoms with Crippen molar-refractivity contribution >= 4 is 11.6 Å². The van der Waals surface area contributed by atoms with Crippen molar-refractivity contribution in [2.24, 2.45) is 5.73 Å². The minimum Gasteiger partial charge on any atom is -0.329 e. The molecule has 0 amide bonds. The van der Waals surface area contributed by atoms with Crippen LogP contribution in [0.2, 0.25) is 0 Å².